The number of hydrogen-bond acceptors (Lipinski definition) is 4. The van der Waals surface area contributed by atoms with Crippen molar-refractivity contribution >= 4 is 11.8 Å². The highest BCUT2D eigenvalue weighted by Crippen LogP contribution is 2.04. The van der Waals surface area contributed by atoms with Crippen LogP contribution in [0.3, 0.4) is 0 Å². The Morgan fingerprint density at radius 2 is 1.83 bits per heavy atom. The van der Waals surface area contributed by atoms with Gasteiger partial charge in [0.15, 0.2) is 12.4 Å². The Kier molecular flexibility index (Phi) is 3.91. The molecule has 0 N–H and O–H groups in total. The molecule has 0 bridgehead atoms. The van der Waals surface area contributed by atoms with E-state index in [0.29, 0.717) is 0 Å². The lowest BCUT2D eigenvalue weighted by atomic mass is 10.2. The van der Waals surface area contributed by atoms with Gasteiger partial charge in [-0.25, -0.2) is 0 Å². The molecule has 0 atom stereocenters. The molecule has 0 unspecified atom stereocenters. The maximum atomic E-state index is 11.5. The van der Waals surface area contributed by atoms with Crippen molar-refractivity contribution < 1.29 is 18.7 Å². The zero-order valence-corrected chi connectivity index (χ0v) is 9.67. The van der Waals surface area contributed by atoms with Crippen LogP contribution in [0.4, 0.5) is 0 Å². The van der Waals surface area contributed by atoms with E-state index in [1.54, 1.807) is 6.07 Å². The topological polar surface area (TPSA) is 56.5 Å². The van der Waals surface area contributed by atoms with Crippen molar-refractivity contribution in [1.29, 1.82) is 0 Å². The maximum absolute atomic E-state index is 11.5. The van der Waals surface area contributed by atoms with Gasteiger partial charge in [0.05, 0.1) is 12.7 Å². The third-order valence-electron chi connectivity index (χ3n) is 2.35. The molecule has 1 aromatic carbocycles. The molecule has 0 aliphatic carbocycles. The molecule has 1 heterocycles. The first kappa shape index (κ1) is 12.1. The third-order valence-corrected chi connectivity index (χ3v) is 2.35. The van der Waals surface area contributed by atoms with Crippen LogP contribution in [0.2, 0.25) is 0 Å². The largest absolute Gasteiger partial charge is 0.461 e. The number of rotatable bonds is 5. The summed E-state index contributed by atoms with van der Waals surface area (Å²) < 4.78 is 9.79. The van der Waals surface area contributed by atoms with Crippen molar-refractivity contribution in [3.8, 4) is 0 Å². The number of benzene rings is 1. The summed E-state index contributed by atoms with van der Waals surface area (Å²) in [6.45, 7) is -0.292. The highest BCUT2D eigenvalue weighted by atomic mass is 16.5. The zero-order valence-electron chi connectivity index (χ0n) is 9.67. The highest BCUT2D eigenvalue weighted by Gasteiger charge is 2.12. The lowest BCUT2D eigenvalue weighted by molar-refractivity contribution is -0.141. The van der Waals surface area contributed by atoms with E-state index in [9.17, 15) is 9.59 Å². The first-order valence-electron chi connectivity index (χ1n) is 5.52. The van der Waals surface area contributed by atoms with Gasteiger partial charge in [0.25, 0.3) is 0 Å². The normalized spacial score (nSPS) is 10.0. The first-order chi connectivity index (χ1) is 8.75. The fourth-order valence-corrected chi connectivity index (χ4v) is 1.47. The van der Waals surface area contributed by atoms with E-state index < -0.39 is 5.97 Å². The standard InChI is InChI=1S/C14H12O4/c15-12(13-7-4-8-17-13)10-18-14(16)9-11-5-2-1-3-6-11/h1-8H,9-10H2. The van der Waals surface area contributed by atoms with Crippen LogP contribution in [0.5, 0.6) is 0 Å². The van der Waals surface area contributed by atoms with Crippen molar-refractivity contribution in [2.75, 3.05) is 6.61 Å². The Balaban J connectivity index is 1.80. The highest BCUT2D eigenvalue weighted by molar-refractivity contribution is 5.95. The van der Waals surface area contributed by atoms with E-state index in [-0.39, 0.29) is 24.6 Å². The molecule has 4 heteroatoms. The summed E-state index contributed by atoms with van der Waals surface area (Å²) in [4.78, 5) is 23.0. The molecule has 4 nitrogen and oxygen atoms in total. The second kappa shape index (κ2) is 5.82. The summed E-state index contributed by atoms with van der Waals surface area (Å²) in [5.74, 6) is -0.579. The summed E-state index contributed by atoms with van der Waals surface area (Å²) in [5, 5.41) is 0. The van der Waals surface area contributed by atoms with Gasteiger partial charge in [0.1, 0.15) is 0 Å². The Hall–Kier alpha value is -2.36. The molecule has 0 fully saturated rings. The van der Waals surface area contributed by atoms with Gasteiger partial charge in [-0.15, -0.1) is 0 Å². The second-order valence-electron chi connectivity index (χ2n) is 3.72. The van der Waals surface area contributed by atoms with Crippen LogP contribution in [-0.2, 0) is 16.0 Å². The molecule has 0 spiro atoms. The summed E-state index contributed by atoms with van der Waals surface area (Å²) in [6, 6.07) is 12.4. The van der Waals surface area contributed by atoms with E-state index in [0.717, 1.165) is 5.56 Å². The van der Waals surface area contributed by atoms with E-state index in [1.807, 2.05) is 30.3 Å². The summed E-state index contributed by atoms with van der Waals surface area (Å²) in [6.07, 6.45) is 1.56. The number of ketones is 1. The second-order valence-corrected chi connectivity index (χ2v) is 3.72. The van der Waals surface area contributed by atoms with Crippen molar-refractivity contribution in [2.24, 2.45) is 0 Å². The number of carbonyl (C=O) groups excluding carboxylic acids is 2. The number of furan rings is 1. The molecule has 2 rings (SSSR count). The van der Waals surface area contributed by atoms with E-state index in [1.165, 1.54) is 12.3 Å². The summed E-state index contributed by atoms with van der Waals surface area (Å²) in [5.41, 5.74) is 0.855. The predicted octanol–water partition coefficient (Wildman–Crippen LogP) is 2.25. The molecule has 1 aromatic heterocycles. The van der Waals surface area contributed by atoms with E-state index in [2.05, 4.69) is 0 Å². The quantitative estimate of drug-likeness (QED) is 0.598. The molecule has 0 amide bonds. The van der Waals surface area contributed by atoms with Crippen molar-refractivity contribution in [2.45, 2.75) is 6.42 Å². The number of Topliss-reactive ketones (excluding diaryl/α,β-unsaturated/α-hetero) is 1. The fraction of sp³-hybridized carbons (Fsp3) is 0.143. The number of esters is 1. The third kappa shape index (κ3) is 3.31. The molecule has 0 radical (unpaired) electrons. The van der Waals surface area contributed by atoms with Crippen LogP contribution in [-0.4, -0.2) is 18.4 Å². The van der Waals surface area contributed by atoms with Gasteiger partial charge in [-0.2, -0.15) is 0 Å². The Morgan fingerprint density at radius 3 is 2.50 bits per heavy atom. The molecule has 0 aliphatic rings. The first-order valence-corrected chi connectivity index (χ1v) is 5.52. The molecule has 0 saturated heterocycles. The SMILES string of the molecule is O=C(Cc1ccccc1)OCC(=O)c1ccco1. The molecule has 18 heavy (non-hydrogen) atoms. The van der Waals surface area contributed by atoms with Crippen molar-refractivity contribution in [3.05, 3.63) is 60.1 Å². The van der Waals surface area contributed by atoms with Crippen LogP contribution in [0.25, 0.3) is 0 Å². The minimum absolute atomic E-state index is 0.159. The molecule has 0 aliphatic heterocycles. The molecule has 0 saturated carbocycles. The van der Waals surface area contributed by atoms with Crippen LogP contribution < -0.4 is 0 Å². The lowest BCUT2D eigenvalue weighted by Gasteiger charge is -2.03. The van der Waals surface area contributed by atoms with Crippen LogP contribution in [0.1, 0.15) is 16.1 Å². The summed E-state index contributed by atoms with van der Waals surface area (Å²) in [7, 11) is 0. The zero-order chi connectivity index (χ0) is 12.8. The average Bonchev–Trinajstić information content (AvgIpc) is 2.91. The van der Waals surface area contributed by atoms with Gasteiger partial charge in [-0.3, -0.25) is 9.59 Å². The van der Waals surface area contributed by atoms with Crippen molar-refractivity contribution in [1.82, 2.24) is 0 Å². The van der Waals surface area contributed by atoms with Gasteiger partial charge in [0.2, 0.25) is 5.78 Å². The van der Waals surface area contributed by atoms with Gasteiger partial charge in [0, 0.05) is 0 Å². The van der Waals surface area contributed by atoms with E-state index >= 15 is 0 Å². The van der Waals surface area contributed by atoms with Crippen LogP contribution in [0, 0.1) is 0 Å². The van der Waals surface area contributed by atoms with Gasteiger partial charge in [-0.05, 0) is 17.7 Å². The van der Waals surface area contributed by atoms with Gasteiger partial charge >= 0.3 is 5.97 Å². The van der Waals surface area contributed by atoms with Gasteiger partial charge in [-0.1, -0.05) is 30.3 Å². The molecule has 92 valence electrons. The average molecular weight is 244 g/mol. The van der Waals surface area contributed by atoms with E-state index in [4.69, 9.17) is 9.15 Å². The van der Waals surface area contributed by atoms with Gasteiger partial charge < -0.3 is 9.15 Å². The lowest BCUT2D eigenvalue weighted by Crippen LogP contribution is -2.15. The molecular weight excluding hydrogens is 232 g/mol. The molecule has 2 aromatic rings. The Labute approximate surface area is 104 Å². The summed E-state index contributed by atoms with van der Waals surface area (Å²) >= 11 is 0. The smallest absolute Gasteiger partial charge is 0.310 e. The van der Waals surface area contributed by atoms with Crippen molar-refractivity contribution in [3.63, 3.8) is 0 Å². The minimum atomic E-state index is -0.430. The molecular formula is C14H12O4. The number of hydrogen-bond donors (Lipinski definition) is 0. The number of carbonyl (C=O) groups is 2. The minimum Gasteiger partial charge on any atom is -0.461 e. The monoisotopic (exact) mass is 244 g/mol. The van der Waals surface area contributed by atoms with Crippen LogP contribution in [0.15, 0.2) is 53.1 Å². The fourth-order valence-electron chi connectivity index (χ4n) is 1.47. The number of ether oxygens (including phenoxy) is 1. The van der Waals surface area contributed by atoms with Crippen LogP contribution >= 0.6 is 0 Å². The maximum Gasteiger partial charge on any atom is 0.310 e. The Morgan fingerprint density at radius 1 is 1.06 bits per heavy atom. The predicted molar refractivity (Wildman–Crippen MR) is 64.1 cm³/mol. The Bertz CT molecular complexity index is 514.